The van der Waals surface area contributed by atoms with Crippen LogP contribution in [0.2, 0.25) is 0 Å². The summed E-state index contributed by atoms with van der Waals surface area (Å²) in [5.41, 5.74) is 2.22. The predicted octanol–water partition coefficient (Wildman–Crippen LogP) is 2.00. The largest absolute Gasteiger partial charge is 0.368 e. The van der Waals surface area contributed by atoms with Gasteiger partial charge < -0.3 is 14.5 Å². The third-order valence-corrected chi connectivity index (χ3v) is 4.78. The van der Waals surface area contributed by atoms with Crippen molar-refractivity contribution in [3.8, 4) is 0 Å². The number of carbonyl (C=O) groups excluding carboxylic acids is 1. The van der Waals surface area contributed by atoms with Gasteiger partial charge in [-0.1, -0.05) is 12.1 Å². The van der Waals surface area contributed by atoms with Crippen molar-refractivity contribution in [3.05, 3.63) is 54.0 Å². The number of nitrogens with zero attached hydrogens (tertiary/aromatic N) is 4. The molecule has 0 bridgehead atoms. The van der Waals surface area contributed by atoms with Gasteiger partial charge in [-0.2, -0.15) is 0 Å². The number of amides is 1. The fraction of sp³-hybridized carbons (Fsp3) is 0.421. The molecule has 1 fully saturated rings. The van der Waals surface area contributed by atoms with Gasteiger partial charge in [0.05, 0.1) is 0 Å². The zero-order valence-electron chi connectivity index (χ0n) is 14.2. The predicted molar refractivity (Wildman–Crippen MR) is 93.9 cm³/mol. The molecule has 0 radical (unpaired) electrons. The summed E-state index contributed by atoms with van der Waals surface area (Å²) in [4.78, 5) is 25.7. The van der Waals surface area contributed by atoms with Crippen LogP contribution >= 0.6 is 0 Å². The van der Waals surface area contributed by atoms with E-state index in [1.165, 1.54) is 0 Å². The van der Waals surface area contributed by atoms with Crippen molar-refractivity contribution in [3.63, 3.8) is 0 Å². The van der Waals surface area contributed by atoms with Gasteiger partial charge in [0.25, 0.3) is 5.91 Å². The van der Waals surface area contributed by atoms with Crippen molar-refractivity contribution in [1.29, 1.82) is 0 Å². The first-order valence-electron chi connectivity index (χ1n) is 8.79. The van der Waals surface area contributed by atoms with E-state index in [0.29, 0.717) is 19.7 Å². The maximum absolute atomic E-state index is 12.8. The number of carbonyl (C=O) groups is 1. The van der Waals surface area contributed by atoms with Crippen molar-refractivity contribution in [2.24, 2.45) is 0 Å². The molecule has 130 valence electrons. The number of rotatable bonds is 3. The van der Waals surface area contributed by atoms with Gasteiger partial charge in [-0.15, -0.1) is 0 Å². The summed E-state index contributed by atoms with van der Waals surface area (Å²) in [6.45, 7) is 3.44. The molecule has 2 aliphatic heterocycles. The highest BCUT2D eigenvalue weighted by molar-refractivity contribution is 5.81. The second kappa shape index (κ2) is 7.19. The van der Waals surface area contributed by atoms with E-state index in [2.05, 4.69) is 27.0 Å². The van der Waals surface area contributed by atoms with Crippen molar-refractivity contribution >= 4 is 11.7 Å². The van der Waals surface area contributed by atoms with E-state index in [1.54, 1.807) is 6.20 Å². The van der Waals surface area contributed by atoms with Crippen molar-refractivity contribution in [1.82, 2.24) is 14.9 Å². The molecule has 4 heterocycles. The van der Waals surface area contributed by atoms with Gasteiger partial charge >= 0.3 is 0 Å². The molecule has 0 spiro atoms. The number of hydrogen-bond donors (Lipinski definition) is 0. The van der Waals surface area contributed by atoms with E-state index in [4.69, 9.17) is 4.74 Å². The van der Waals surface area contributed by atoms with Crippen LogP contribution in [0, 0.1) is 0 Å². The highest BCUT2D eigenvalue weighted by atomic mass is 16.5. The highest BCUT2D eigenvalue weighted by Gasteiger charge is 2.31. The van der Waals surface area contributed by atoms with Crippen LogP contribution in [0.3, 0.4) is 0 Å². The third-order valence-electron chi connectivity index (χ3n) is 4.78. The van der Waals surface area contributed by atoms with Crippen molar-refractivity contribution < 1.29 is 9.53 Å². The molecule has 4 rings (SSSR count). The number of hydrogen-bond acceptors (Lipinski definition) is 5. The molecular weight excluding hydrogens is 316 g/mol. The summed E-state index contributed by atoms with van der Waals surface area (Å²) in [5.74, 6) is 1.06. The summed E-state index contributed by atoms with van der Waals surface area (Å²) in [7, 11) is 0. The zero-order chi connectivity index (χ0) is 17.1. The average Bonchev–Trinajstić information content (AvgIpc) is 3.13. The van der Waals surface area contributed by atoms with Crippen LogP contribution in [-0.2, 0) is 22.6 Å². The average molecular weight is 338 g/mol. The Hall–Kier alpha value is -2.47. The van der Waals surface area contributed by atoms with Crippen LogP contribution in [-0.4, -0.2) is 46.6 Å². The van der Waals surface area contributed by atoms with Gasteiger partial charge in [0.1, 0.15) is 11.9 Å². The van der Waals surface area contributed by atoms with Crippen LogP contribution in [0.1, 0.15) is 24.0 Å². The fourth-order valence-electron chi connectivity index (χ4n) is 3.50. The van der Waals surface area contributed by atoms with Gasteiger partial charge in [-0.25, -0.2) is 4.98 Å². The lowest BCUT2D eigenvalue weighted by Gasteiger charge is -2.25. The molecule has 1 atom stereocenters. The molecule has 0 aliphatic carbocycles. The minimum atomic E-state index is -0.273. The molecule has 2 aliphatic rings. The lowest BCUT2D eigenvalue weighted by Crippen LogP contribution is -2.40. The molecule has 6 heteroatoms. The van der Waals surface area contributed by atoms with E-state index < -0.39 is 0 Å². The summed E-state index contributed by atoms with van der Waals surface area (Å²) in [6.07, 6.45) is 6.99. The van der Waals surface area contributed by atoms with Crippen molar-refractivity contribution in [2.75, 3.05) is 24.6 Å². The normalized spacial score (nSPS) is 20.2. The van der Waals surface area contributed by atoms with Crippen molar-refractivity contribution in [2.45, 2.75) is 32.0 Å². The van der Waals surface area contributed by atoms with Crippen LogP contribution in [0.5, 0.6) is 0 Å². The fourth-order valence-corrected chi connectivity index (χ4v) is 3.50. The monoisotopic (exact) mass is 338 g/mol. The second-order valence-corrected chi connectivity index (χ2v) is 6.53. The molecular formula is C19H22N4O2. The van der Waals surface area contributed by atoms with Crippen LogP contribution in [0.25, 0.3) is 0 Å². The Labute approximate surface area is 147 Å². The summed E-state index contributed by atoms with van der Waals surface area (Å²) in [6, 6.07) is 8.00. The first-order chi connectivity index (χ1) is 12.3. The molecule has 0 N–H and O–H groups in total. The number of aromatic nitrogens is 2. The van der Waals surface area contributed by atoms with Crippen LogP contribution in [0.15, 0.2) is 42.9 Å². The van der Waals surface area contributed by atoms with Crippen LogP contribution < -0.4 is 4.90 Å². The Balaban J connectivity index is 1.56. The molecule has 2 aromatic heterocycles. The summed E-state index contributed by atoms with van der Waals surface area (Å²) in [5, 5.41) is 0. The molecule has 0 aromatic carbocycles. The topological polar surface area (TPSA) is 58.6 Å². The lowest BCUT2D eigenvalue weighted by atomic mass is 10.2. The summed E-state index contributed by atoms with van der Waals surface area (Å²) >= 11 is 0. The Bertz CT molecular complexity index is 731. The molecule has 1 amide bonds. The number of anilines is 1. The van der Waals surface area contributed by atoms with E-state index in [1.807, 2.05) is 29.4 Å². The molecule has 6 nitrogen and oxygen atoms in total. The lowest BCUT2D eigenvalue weighted by molar-refractivity contribution is -0.141. The first kappa shape index (κ1) is 16.0. The zero-order valence-corrected chi connectivity index (χ0v) is 14.2. The van der Waals surface area contributed by atoms with E-state index >= 15 is 0 Å². The Morgan fingerprint density at radius 2 is 2.16 bits per heavy atom. The maximum atomic E-state index is 12.8. The third kappa shape index (κ3) is 3.49. The minimum absolute atomic E-state index is 0.107. The number of pyridine rings is 2. The molecule has 0 unspecified atom stereocenters. The van der Waals surface area contributed by atoms with E-state index in [0.717, 1.165) is 42.9 Å². The van der Waals surface area contributed by atoms with Gasteiger partial charge in [-0.3, -0.25) is 9.78 Å². The quantitative estimate of drug-likeness (QED) is 0.857. The summed E-state index contributed by atoms with van der Waals surface area (Å²) < 4.78 is 5.59. The Morgan fingerprint density at radius 1 is 1.24 bits per heavy atom. The smallest absolute Gasteiger partial charge is 0.252 e. The number of fused-ring (bicyclic) bond motifs is 1. The Morgan fingerprint density at radius 3 is 2.96 bits per heavy atom. The van der Waals surface area contributed by atoms with Gasteiger partial charge in [0.15, 0.2) is 0 Å². The van der Waals surface area contributed by atoms with Crippen LogP contribution in [0.4, 0.5) is 5.82 Å². The van der Waals surface area contributed by atoms with Gasteiger partial charge in [-0.05, 0) is 30.5 Å². The SMILES string of the molecule is O=C([C@H]1CCCO1)N1CCN(Cc2cccnc2)c2ncccc2C1. The van der Waals surface area contributed by atoms with E-state index in [-0.39, 0.29) is 12.0 Å². The molecule has 0 saturated carbocycles. The number of ether oxygens (including phenoxy) is 1. The van der Waals surface area contributed by atoms with Gasteiger partial charge in [0, 0.05) is 56.9 Å². The standard InChI is InChI=1S/C19H22N4O2/c24-19(17-6-3-11-25-17)23-10-9-22(13-15-4-1-7-20-12-15)18-16(14-23)5-2-8-21-18/h1-2,4-5,7-8,12,17H,3,6,9-11,13-14H2/t17-/m1/s1. The highest BCUT2D eigenvalue weighted by Crippen LogP contribution is 2.25. The molecule has 1 saturated heterocycles. The molecule has 25 heavy (non-hydrogen) atoms. The Kier molecular flexibility index (Phi) is 4.61. The minimum Gasteiger partial charge on any atom is -0.368 e. The second-order valence-electron chi connectivity index (χ2n) is 6.53. The van der Waals surface area contributed by atoms with Gasteiger partial charge in [0.2, 0.25) is 0 Å². The van der Waals surface area contributed by atoms with E-state index in [9.17, 15) is 4.79 Å². The first-order valence-corrected chi connectivity index (χ1v) is 8.79. The molecule has 2 aromatic rings. The maximum Gasteiger partial charge on any atom is 0.252 e.